The van der Waals surface area contributed by atoms with Gasteiger partial charge in [-0.25, -0.2) is 8.78 Å². The van der Waals surface area contributed by atoms with Gasteiger partial charge in [0.25, 0.3) is 0 Å². The van der Waals surface area contributed by atoms with Crippen molar-refractivity contribution < 1.29 is 8.78 Å². The number of hydrogen-bond acceptors (Lipinski definition) is 1. The molecule has 0 heterocycles. The molecule has 0 unspecified atom stereocenters. The van der Waals surface area contributed by atoms with Crippen LogP contribution in [0.4, 0.5) is 14.5 Å². The standard InChI is InChI=1S/C12H14BrF2N/c1-16(9-3-2-4-9)12-10(14)5-8(7-13)6-11(12)15/h5-6,9H,2-4,7H2,1H3. The van der Waals surface area contributed by atoms with E-state index in [1.807, 2.05) is 0 Å². The Hall–Kier alpha value is -0.640. The minimum Gasteiger partial charge on any atom is -0.367 e. The van der Waals surface area contributed by atoms with Crippen molar-refractivity contribution in [2.45, 2.75) is 30.6 Å². The topological polar surface area (TPSA) is 3.24 Å². The van der Waals surface area contributed by atoms with Crippen molar-refractivity contribution in [3.63, 3.8) is 0 Å². The molecule has 1 aromatic carbocycles. The maximum Gasteiger partial charge on any atom is 0.149 e. The second-order valence-corrected chi connectivity index (χ2v) is 4.80. The number of anilines is 1. The van der Waals surface area contributed by atoms with Gasteiger partial charge in [-0.1, -0.05) is 15.9 Å². The van der Waals surface area contributed by atoms with Crippen LogP contribution in [0.5, 0.6) is 0 Å². The second-order valence-electron chi connectivity index (χ2n) is 4.24. The highest BCUT2D eigenvalue weighted by Gasteiger charge is 2.26. The predicted molar refractivity (Wildman–Crippen MR) is 65.0 cm³/mol. The summed E-state index contributed by atoms with van der Waals surface area (Å²) >= 11 is 3.19. The number of hydrogen-bond donors (Lipinski definition) is 0. The van der Waals surface area contributed by atoms with E-state index in [1.54, 1.807) is 11.9 Å². The smallest absolute Gasteiger partial charge is 0.149 e. The first-order chi connectivity index (χ1) is 7.63. The van der Waals surface area contributed by atoms with Gasteiger partial charge in [0.1, 0.15) is 17.3 Å². The van der Waals surface area contributed by atoms with Crippen LogP contribution in [-0.4, -0.2) is 13.1 Å². The van der Waals surface area contributed by atoms with E-state index in [-0.39, 0.29) is 5.69 Å². The third-order valence-electron chi connectivity index (χ3n) is 3.21. The molecule has 0 aliphatic heterocycles. The van der Waals surface area contributed by atoms with Crippen molar-refractivity contribution in [2.24, 2.45) is 0 Å². The highest BCUT2D eigenvalue weighted by molar-refractivity contribution is 9.08. The van der Waals surface area contributed by atoms with E-state index >= 15 is 0 Å². The molecule has 0 saturated heterocycles. The number of alkyl halides is 1. The lowest BCUT2D eigenvalue weighted by molar-refractivity contribution is 0.393. The van der Waals surface area contributed by atoms with Crippen LogP contribution < -0.4 is 4.90 Å². The molecule has 0 atom stereocenters. The predicted octanol–water partition coefficient (Wildman–Crippen LogP) is 3.85. The molecule has 0 bridgehead atoms. The summed E-state index contributed by atoms with van der Waals surface area (Å²) in [6, 6.07) is 3.07. The molecule has 0 radical (unpaired) electrons. The number of halogens is 3. The summed E-state index contributed by atoms with van der Waals surface area (Å²) in [6.07, 6.45) is 3.20. The molecule has 0 amide bonds. The lowest BCUT2D eigenvalue weighted by atomic mass is 9.91. The van der Waals surface area contributed by atoms with Gasteiger partial charge < -0.3 is 4.90 Å². The Morgan fingerprint density at radius 2 is 1.88 bits per heavy atom. The number of rotatable bonds is 3. The molecule has 1 aromatic rings. The summed E-state index contributed by atoms with van der Waals surface area (Å²) in [5, 5.41) is 0.467. The average molecular weight is 290 g/mol. The maximum atomic E-state index is 13.8. The summed E-state index contributed by atoms with van der Waals surface area (Å²) in [7, 11) is 1.76. The lowest BCUT2D eigenvalue weighted by Crippen LogP contribution is -2.38. The van der Waals surface area contributed by atoms with Crippen LogP contribution in [0.25, 0.3) is 0 Å². The zero-order valence-electron chi connectivity index (χ0n) is 9.14. The molecule has 0 spiro atoms. The van der Waals surface area contributed by atoms with Crippen molar-refractivity contribution >= 4 is 21.6 Å². The molecule has 1 fully saturated rings. The lowest BCUT2D eigenvalue weighted by Gasteiger charge is -2.36. The average Bonchev–Trinajstić information content (AvgIpc) is 2.13. The Morgan fingerprint density at radius 1 is 1.31 bits per heavy atom. The van der Waals surface area contributed by atoms with Gasteiger partial charge in [0.05, 0.1) is 0 Å². The number of nitrogens with zero attached hydrogens (tertiary/aromatic N) is 1. The van der Waals surface area contributed by atoms with Gasteiger partial charge in [-0.2, -0.15) is 0 Å². The van der Waals surface area contributed by atoms with E-state index in [1.165, 1.54) is 12.1 Å². The minimum atomic E-state index is -0.469. The Balaban J connectivity index is 2.32. The monoisotopic (exact) mass is 289 g/mol. The van der Waals surface area contributed by atoms with E-state index in [2.05, 4.69) is 15.9 Å². The Kier molecular flexibility index (Phi) is 3.47. The summed E-state index contributed by atoms with van der Waals surface area (Å²) in [4.78, 5) is 1.73. The maximum absolute atomic E-state index is 13.8. The van der Waals surface area contributed by atoms with Crippen LogP contribution >= 0.6 is 15.9 Å². The molecule has 0 N–H and O–H groups in total. The zero-order chi connectivity index (χ0) is 11.7. The van der Waals surface area contributed by atoms with Crippen LogP contribution in [-0.2, 0) is 5.33 Å². The van der Waals surface area contributed by atoms with E-state index in [0.29, 0.717) is 16.9 Å². The van der Waals surface area contributed by atoms with Crippen molar-refractivity contribution in [1.82, 2.24) is 0 Å². The quantitative estimate of drug-likeness (QED) is 0.764. The van der Waals surface area contributed by atoms with Gasteiger partial charge in [-0.15, -0.1) is 0 Å². The van der Waals surface area contributed by atoms with Crippen molar-refractivity contribution in [3.05, 3.63) is 29.3 Å². The first-order valence-electron chi connectivity index (χ1n) is 5.40. The van der Waals surface area contributed by atoms with Gasteiger partial charge in [0.2, 0.25) is 0 Å². The van der Waals surface area contributed by atoms with Gasteiger partial charge in [-0.3, -0.25) is 0 Å². The molecular formula is C12H14BrF2N. The molecule has 88 valence electrons. The molecule has 16 heavy (non-hydrogen) atoms. The van der Waals surface area contributed by atoms with Crippen molar-refractivity contribution in [2.75, 3.05) is 11.9 Å². The largest absolute Gasteiger partial charge is 0.367 e. The van der Waals surface area contributed by atoms with E-state index < -0.39 is 11.6 Å². The zero-order valence-corrected chi connectivity index (χ0v) is 10.7. The molecule has 4 heteroatoms. The van der Waals surface area contributed by atoms with Crippen molar-refractivity contribution in [3.8, 4) is 0 Å². The van der Waals surface area contributed by atoms with Gasteiger partial charge in [0.15, 0.2) is 0 Å². The Labute approximate surface area is 103 Å². The Morgan fingerprint density at radius 3 is 2.25 bits per heavy atom. The third kappa shape index (κ3) is 2.08. The highest BCUT2D eigenvalue weighted by atomic mass is 79.9. The fourth-order valence-electron chi connectivity index (χ4n) is 1.99. The van der Waals surface area contributed by atoms with Crippen LogP contribution in [0.1, 0.15) is 24.8 Å². The number of benzene rings is 1. The summed E-state index contributed by atoms with van der Waals surface area (Å²) in [5.74, 6) is -0.937. The SMILES string of the molecule is CN(c1c(F)cc(CBr)cc1F)C1CCC1. The Bertz CT molecular complexity index is 368. The molecular weight excluding hydrogens is 276 g/mol. The highest BCUT2D eigenvalue weighted by Crippen LogP contribution is 2.32. The first-order valence-corrected chi connectivity index (χ1v) is 6.52. The fourth-order valence-corrected chi connectivity index (χ4v) is 2.31. The normalized spacial score (nSPS) is 16.0. The molecule has 1 saturated carbocycles. The molecule has 2 rings (SSSR count). The van der Waals surface area contributed by atoms with Gasteiger partial charge >= 0.3 is 0 Å². The van der Waals surface area contributed by atoms with Crippen LogP contribution in [0.15, 0.2) is 12.1 Å². The fraction of sp³-hybridized carbons (Fsp3) is 0.500. The first kappa shape index (κ1) is 11.8. The van der Waals surface area contributed by atoms with Gasteiger partial charge in [0, 0.05) is 18.4 Å². The van der Waals surface area contributed by atoms with Crippen LogP contribution in [0.2, 0.25) is 0 Å². The van der Waals surface area contributed by atoms with Crippen LogP contribution in [0.3, 0.4) is 0 Å². The van der Waals surface area contributed by atoms with Crippen LogP contribution in [0, 0.1) is 11.6 Å². The molecule has 1 nitrogen and oxygen atoms in total. The van der Waals surface area contributed by atoms with Crippen molar-refractivity contribution in [1.29, 1.82) is 0 Å². The van der Waals surface area contributed by atoms with Gasteiger partial charge in [-0.05, 0) is 37.0 Å². The summed E-state index contributed by atoms with van der Waals surface area (Å²) < 4.78 is 27.5. The van der Waals surface area contributed by atoms with E-state index in [9.17, 15) is 8.78 Å². The summed E-state index contributed by atoms with van der Waals surface area (Å²) in [5.41, 5.74) is 0.732. The molecule has 1 aliphatic carbocycles. The van der Waals surface area contributed by atoms with E-state index in [4.69, 9.17) is 0 Å². The molecule has 1 aliphatic rings. The van der Waals surface area contributed by atoms with E-state index in [0.717, 1.165) is 19.3 Å². The summed E-state index contributed by atoms with van der Waals surface area (Å²) in [6.45, 7) is 0. The second kappa shape index (κ2) is 4.70. The third-order valence-corrected chi connectivity index (χ3v) is 3.85. The molecule has 0 aromatic heterocycles. The minimum absolute atomic E-state index is 0.106.